The highest BCUT2D eigenvalue weighted by Crippen LogP contribution is 2.31. The van der Waals surface area contributed by atoms with Crippen LogP contribution in [0.5, 0.6) is 5.75 Å². The molecule has 0 N–H and O–H groups in total. The highest BCUT2D eigenvalue weighted by molar-refractivity contribution is 7.07. The quantitative estimate of drug-likeness (QED) is 0.461. The van der Waals surface area contributed by atoms with Crippen molar-refractivity contribution in [2.75, 3.05) is 32.2 Å². The Kier molecular flexibility index (Phi) is 7.36. The van der Waals surface area contributed by atoms with Crippen LogP contribution in [0.3, 0.4) is 0 Å². The Morgan fingerprint density at radius 3 is 2.61 bits per heavy atom. The van der Waals surface area contributed by atoms with E-state index in [9.17, 15) is 9.59 Å². The lowest BCUT2D eigenvalue weighted by molar-refractivity contribution is -0.139. The van der Waals surface area contributed by atoms with Gasteiger partial charge in [0.2, 0.25) is 0 Å². The largest absolute Gasteiger partial charge is 0.478 e. The second kappa shape index (κ2) is 10.6. The first kappa shape index (κ1) is 24.9. The molecule has 4 rings (SSSR count). The van der Waals surface area contributed by atoms with Gasteiger partial charge in [-0.05, 0) is 43.7 Å². The Morgan fingerprint density at radius 2 is 1.94 bits per heavy atom. The number of carbonyl (C=O) groups excluding carboxylic acids is 1. The van der Waals surface area contributed by atoms with E-state index in [2.05, 4.69) is 4.99 Å². The van der Waals surface area contributed by atoms with Crippen LogP contribution in [-0.4, -0.2) is 37.8 Å². The first-order valence-corrected chi connectivity index (χ1v) is 12.2. The van der Waals surface area contributed by atoms with Crippen molar-refractivity contribution in [1.82, 2.24) is 4.57 Å². The highest BCUT2D eigenvalue weighted by atomic mass is 32.1. The van der Waals surface area contributed by atoms with Gasteiger partial charge in [-0.2, -0.15) is 5.26 Å². The van der Waals surface area contributed by atoms with Crippen LogP contribution in [0.2, 0.25) is 0 Å². The Labute approximate surface area is 212 Å². The Morgan fingerprint density at radius 1 is 1.22 bits per heavy atom. The minimum absolute atomic E-state index is 0.100. The van der Waals surface area contributed by atoms with E-state index in [1.54, 1.807) is 36.6 Å². The van der Waals surface area contributed by atoms with Crippen LogP contribution >= 0.6 is 11.3 Å². The van der Waals surface area contributed by atoms with Crippen LogP contribution < -0.4 is 24.5 Å². The van der Waals surface area contributed by atoms with Gasteiger partial charge in [-0.25, -0.2) is 9.79 Å². The summed E-state index contributed by atoms with van der Waals surface area (Å²) in [7, 11) is 3.90. The Balaban J connectivity index is 1.91. The maximum Gasteiger partial charge on any atom is 0.338 e. The van der Waals surface area contributed by atoms with Gasteiger partial charge in [0.25, 0.3) is 5.56 Å². The summed E-state index contributed by atoms with van der Waals surface area (Å²) in [6.07, 6.45) is 1.73. The number of benzene rings is 2. The summed E-state index contributed by atoms with van der Waals surface area (Å²) in [6.45, 7) is 3.62. The molecule has 9 heteroatoms. The van der Waals surface area contributed by atoms with Crippen LogP contribution in [0.25, 0.3) is 6.08 Å². The monoisotopic (exact) mass is 502 g/mol. The number of allylic oxidation sites excluding steroid dienone is 1. The Bertz CT molecular complexity index is 1540. The average Bonchev–Trinajstić information content (AvgIpc) is 3.17. The number of nitrogens with zero attached hydrogens (tertiary/aromatic N) is 4. The first-order chi connectivity index (χ1) is 17.3. The molecule has 2 aromatic carbocycles. The normalized spacial score (nSPS) is 15.1. The standard InChI is InChI=1S/C27H26N4O4S/c1-5-34-26(33)23-17(2)29-27-31(24(23)18-10-12-20(13-11-18)30(3)4)25(32)22(36-27)16-19-8-6-7-9-21(19)35-15-14-28/h6-13,16,24H,5,15H2,1-4H3/b22-16-/t24-/m1/s1. The van der Waals surface area contributed by atoms with Crippen molar-refractivity contribution in [3.63, 3.8) is 0 Å². The van der Waals surface area contributed by atoms with Crippen molar-refractivity contribution < 1.29 is 14.3 Å². The minimum Gasteiger partial charge on any atom is -0.478 e. The van der Waals surface area contributed by atoms with Gasteiger partial charge in [0.15, 0.2) is 11.4 Å². The van der Waals surface area contributed by atoms with Gasteiger partial charge in [-0.3, -0.25) is 9.36 Å². The fraction of sp³-hybridized carbons (Fsp3) is 0.259. The van der Waals surface area contributed by atoms with Crippen molar-refractivity contribution in [2.45, 2.75) is 19.9 Å². The number of thiazole rings is 1. The zero-order valence-corrected chi connectivity index (χ0v) is 21.3. The molecule has 36 heavy (non-hydrogen) atoms. The van der Waals surface area contributed by atoms with Crippen LogP contribution in [-0.2, 0) is 9.53 Å². The number of esters is 1. The van der Waals surface area contributed by atoms with E-state index in [0.29, 0.717) is 31.9 Å². The van der Waals surface area contributed by atoms with Gasteiger partial charge < -0.3 is 14.4 Å². The molecule has 0 fully saturated rings. The number of carbonyl (C=O) groups is 1. The molecule has 1 atom stereocenters. The molecule has 0 spiro atoms. The van der Waals surface area contributed by atoms with Crippen LogP contribution in [0.4, 0.5) is 5.69 Å². The van der Waals surface area contributed by atoms with Crippen LogP contribution in [0, 0.1) is 11.3 Å². The summed E-state index contributed by atoms with van der Waals surface area (Å²) < 4.78 is 12.9. The molecule has 1 aromatic heterocycles. The minimum atomic E-state index is -0.677. The number of nitriles is 1. The zero-order valence-electron chi connectivity index (χ0n) is 20.5. The Hall–Kier alpha value is -4.16. The van der Waals surface area contributed by atoms with Crippen molar-refractivity contribution >= 4 is 29.1 Å². The van der Waals surface area contributed by atoms with E-state index >= 15 is 0 Å². The molecule has 0 radical (unpaired) electrons. The third-order valence-electron chi connectivity index (χ3n) is 5.74. The lowest BCUT2D eigenvalue weighted by Crippen LogP contribution is -2.40. The average molecular weight is 503 g/mol. The van der Waals surface area contributed by atoms with Gasteiger partial charge >= 0.3 is 5.97 Å². The van der Waals surface area contributed by atoms with E-state index in [1.807, 2.05) is 61.5 Å². The van der Waals surface area contributed by atoms with E-state index in [-0.39, 0.29) is 18.8 Å². The summed E-state index contributed by atoms with van der Waals surface area (Å²) >= 11 is 1.24. The van der Waals surface area contributed by atoms with E-state index < -0.39 is 12.0 Å². The molecule has 0 unspecified atom stereocenters. The molecule has 8 nitrogen and oxygen atoms in total. The summed E-state index contributed by atoms with van der Waals surface area (Å²) in [5.41, 5.74) is 3.03. The molecule has 1 aliphatic heterocycles. The molecule has 2 heterocycles. The maximum atomic E-state index is 13.7. The molecule has 0 bridgehead atoms. The second-order valence-electron chi connectivity index (χ2n) is 8.27. The van der Waals surface area contributed by atoms with Crippen LogP contribution in [0.1, 0.15) is 31.0 Å². The number of rotatable bonds is 7. The maximum absolute atomic E-state index is 13.7. The van der Waals surface area contributed by atoms with Crippen molar-refractivity contribution in [3.8, 4) is 11.8 Å². The lowest BCUT2D eigenvalue weighted by atomic mass is 9.95. The first-order valence-electron chi connectivity index (χ1n) is 11.4. The van der Waals surface area contributed by atoms with Gasteiger partial charge in [0.05, 0.1) is 28.5 Å². The van der Waals surface area contributed by atoms with Crippen LogP contribution in [0.15, 0.2) is 69.6 Å². The molecule has 184 valence electrons. The van der Waals surface area contributed by atoms with E-state index in [4.69, 9.17) is 14.7 Å². The number of anilines is 1. The molecular formula is C27H26N4O4S. The molecule has 0 saturated carbocycles. The second-order valence-corrected chi connectivity index (χ2v) is 9.28. The van der Waals surface area contributed by atoms with Crippen molar-refractivity contribution in [3.05, 3.63) is 90.6 Å². The van der Waals surface area contributed by atoms with E-state index in [0.717, 1.165) is 11.3 Å². The van der Waals surface area contributed by atoms with Crippen molar-refractivity contribution in [1.29, 1.82) is 5.26 Å². The predicted molar refractivity (Wildman–Crippen MR) is 139 cm³/mol. The third-order valence-corrected chi connectivity index (χ3v) is 6.72. The summed E-state index contributed by atoms with van der Waals surface area (Å²) in [6, 6.07) is 16.2. The molecule has 1 aliphatic rings. The molecule has 0 amide bonds. The van der Waals surface area contributed by atoms with Crippen molar-refractivity contribution in [2.24, 2.45) is 4.99 Å². The third kappa shape index (κ3) is 4.81. The fourth-order valence-electron chi connectivity index (χ4n) is 4.04. The summed E-state index contributed by atoms with van der Waals surface area (Å²) in [5, 5.41) is 8.89. The zero-order chi connectivity index (χ0) is 25.8. The topological polar surface area (TPSA) is 96.9 Å². The van der Waals surface area contributed by atoms with Gasteiger partial charge in [0, 0.05) is 25.3 Å². The van der Waals surface area contributed by atoms with Gasteiger partial charge in [0.1, 0.15) is 11.8 Å². The SMILES string of the molecule is CCOC(=O)C1=C(C)N=c2s/c(=C\c3ccccc3OCC#N)c(=O)n2[C@@H]1c1ccc(N(C)C)cc1. The van der Waals surface area contributed by atoms with E-state index in [1.165, 1.54) is 11.3 Å². The highest BCUT2D eigenvalue weighted by Gasteiger charge is 2.33. The summed E-state index contributed by atoms with van der Waals surface area (Å²) in [5.74, 6) is 0.00840. The van der Waals surface area contributed by atoms with Gasteiger partial charge in [-0.1, -0.05) is 41.7 Å². The smallest absolute Gasteiger partial charge is 0.338 e. The van der Waals surface area contributed by atoms with Gasteiger partial charge in [-0.15, -0.1) is 0 Å². The number of para-hydroxylation sites is 1. The summed E-state index contributed by atoms with van der Waals surface area (Å²) in [4.78, 5) is 33.8. The lowest BCUT2D eigenvalue weighted by Gasteiger charge is -2.25. The number of aromatic nitrogens is 1. The molecule has 0 aliphatic carbocycles. The number of hydrogen-bond acceptors (Lipinski definition) is 8. The number of ether oxygens (including phenoxy) is 2. The number of fused-ring (bicyclic) bond motifs is 1. The fourth-order valence-corrected chi connectivity index (χ4v) is 5.08. The molecule has 0 saturated heterocycles. The predicted octanol–water partition coefficient (Wildman–Crippen LogP) is 2.77. The molecule has 3 aromatic rings. The number of hydrogen-bond donors (Lipinski definition) is 0. The molecular weight excluding hydrogens is 476 g/mol.